The molecule has 2 unspecified atom stereocenters. The molecule has 16 heavy (non-hydrogen) atoms. The molecule has 1 aromatic carbocycles. The second kappa shape index (κ2) is 3.37. The van der Waals surface area contributed by atoms with Crippen LogP contribution in [0.2, 0.25) is 0 Å². The molecule has 0 saturated heterocycles. The van der Waals surface area contributed by atoms with Gasteiger partial charge in [-0.25, -0.2) is 8.42 Å². The maximum absolute atomic E-state index is 11.2. The molecule has 0 amide bonds. The minimum absolute atomic E-state index is 0.118. The van der Waals surface area contributed by atoms with E-state index < -0.39 is 9.05 Å². The maximum atomic E-state index is 11.2. The predicted octanol–water partition coefficient (Wildman–Crippen LogP) is 2.64. The summed E-state index contributed by atoms with van der Waals surface area (Å²) in [5.74, 6) is 1.14. The van der Waals surface area contributed by atoms with Gasteiger partial charge in [-0.15, -0.1) is 0 Å². The molecule has 2 atom stereocenters. The molecule has 1 aliphatic heterocycles. The molecule has 0 N–H and O–H groups in total. The molecular formula is C11H11ClO3S. The van der Waals surface area contributed by atoms with Gasteiger partial charge in [0.15, 0.2) is 0 Å². The molecule has 0 radical (unpaired) electrons. The topological polar surface area (TPSA) is 43.4 Å². The van der Waals surface area contributed by atoms with Gasteiger partial charge in [0.2, 0.25) is 0 Å². The van der Waals surface area contributed by atoms with Crippen LogP contribution in [0.4, 0.5) is 0 Å². The number of fused-ring (bicyclic) bond motifs is 3. The van der Waals surface area contributed by atoms with Gasteiger partial charge in [0.1, 0.15) is 11.9 Å². The third-order valence-corrected chi connectivity index (χ3v) is 4.75. The van der Waals surface area contributed by atoms with E-state index in [4.69, 9.17) is 15.4 Å². The molecule has 3 rings (SSSR count). The van der Waals surface area contributed by atoms with Crippen molar-refractivity contribution in [1.82, 2.24) is 0 Å². The number of hydrogen-bond donors (Lipinski definition) is 0. The first-order chi connectivity index (χ1) is 7.55. The van der Waals surface area contributed by atoms with E-state index in [2.05, 4.69) is 0 Å². The Labute approximate surface area is 98.8 Å². The Morgan fingerprint density at radius 2 is 2.12 bits per heavy atom. The van der Waals surface area contributed by atoms with Crippen molar-refractivity contribution < 1.29 is 13.2 Å². The number of benzene rings is 1. The van der Waals surface area contributed by atoms with Gasteiger partial charge >= 0.3 is 0 Å². The number of ether oxygens (including phenoxy) is 1. The van der Waals surface area contributed by atoms with E-state index in [1.807, 2.05) is 6.07 Å². The van der Waals surface area contributed by atoms with Gasteiger partial charge in [-0.1, -0.05) is 6.07 Å². The Hall–Kier alpha value is -0.740. The lowest BCUT2D eigenvalue weighted by atomic mass is 9.98. The molecular weight excluding hydrogens is 248 g/mol. The fourth-order valence-corrected chi connectivity index (χ4v) is 3.43. The van der Waals surface area contributed by atoms with Gasteiger partial charge in [-0.05, 0) is 25.3 Å². The van der Waals surface area contributed by atoms with Gasteiger partial charge < -0.3 is 4.74 Å². The summed E-state index contributed by atoms with van der Waals surface area (Å²) in [6.07, 6.45) is 3.61. The lowest BCUT2D eigenvalue weighted by Gasteiger charge is -2.06. The lowest BCUT2D eigenvalue weighted by Crippen LogP contribution is -2.10. The van der Waals surface area contributed by atoms with Crippen molar-refractivity contribution in [3.63, 3.8) is 0 Å². The summed E-state index contributed by atoms with van der Waals surface area (Å²) in [7, 11) is 1.64. The number of rotatable bonds is 1. The molecule has 1 heterocycles. The zero-order valence-electron chi connectivity index (χ0n) is 8.52. The molecule has 1 fully saturated rings. The van der Waals surface area contributed by atoms with Gasteiger partial charge in [0.05, 0.1) is 4.90 Å². The van der Waals surface area contributed by atoms with Crippen molar-refractivity contribution in [2.24, 2.45) is 0 Å². The van der Waals surface area contributed by atoms with Crippen molar-refractivity contribution in [2.75, 3.05) is 0 Å². The second-order valence-corrected chi connectivity index (χ2v) is 6.90. The van der Waals surface area contributed by atoms with Crippen LogP contribution in [0.5, 0.6) is 5.75 Å². The van der Waals surface area contributed by atoms with Gasteiger partial charge in [-0.2, -0.15) is 0 Å². The van der Waals surface area contributed by atoms with Crippen LogP contribution in [0.1, 0.15) is 30.7 Å². The van der Waals surface area contributed by atoms with E-state index in [0.29, 0.717) is 11.7 Å². The molecule has 1 saturated carbocycles. The van der Waals surface area contributed by atoms with Crippen molar-refractivity contribution in [3.05, 3.63) is 23.8 Å². The first-order valence-electron chi connectivity index (χ1n) is 5.31. The second-order valence-electron chi connectivity index (χ2n) is 4.33. The van der Waals surface area contributed by atoms with Crippen LogP contribution in [0.3, 0.4) is 0 Å². The highest BCUT2D eigenvalue weighted by Gasteiger charge is 2.38. The third-order valence-electron chi connectivity index (χ3n) is 3.40. The van der Waals surface area contributed by atoms with Crippen molar-refractivity contribution in [1.29, 1.82) is 0 Å². The summed E-state index contributed by atoms with van der Waals surface area (Å²) in [5, 5.41) is 0. The lowest BCUT2D eigenvalue weighted by molar-refractivity contribution is 0.225. The zero-order valence-corrected chi connectivity index (χ0v) is 10.1. The Kier molecular flexibility index (Phi) is 2.20. The van der Waals surface area contributed by atoms with Crippen LogP contribution < -0.4 is 4.74 Å². The Bertz CT molecular complexity index is 538. The standard InChI is InChI=1S/C11H11ClO3S/c12-16(13,14)7-4-5-9-8-2-1-3-10(8)15-11(9)6-7/h4-6,8,10H,1-3H2. The molecule has 0 bridgehead atoms. The zero-order chi connectivity index (χ0) is 11.3. The Morgan fingerprint density at radius 3 is 2.88 bits per heavy atom. The fourth-order valence-electron chi connectivity index (χ4n) is 2.66. The van der Waals surface area contributed by atoms with E-state index in [1.165, 1.54) is 12.5 Å². The molecule has 0 spiro atoms. The van der Waals surface area contributed by atoms with Gasteiger partial charge in [0.25, 0.3) is 9.05 Å². The van der Waals surface area contributed by atoms with Crippen LogP contribution in [0.15, 0.2) is 23.1 Å². The highest BCUT2D eigenvalue weighted by Crippen LogP contribution is 2.47. The van der Waals surface area contributed by atoms with Crippen molar-refractivity contribution >= 4 is 19.7 Å². The molecule has 1 aliphatic carbocycles. The summed E-state index contributed by atoms with van der Waals surface area (Å²) in [5.41, 5.74) is 1.13. The Balaban J connectivity index is 2.07. The smallest absolute Gasteiger partial charge is 0.261 e. The van der Waals surface area contributed by atoms with Gasteiger partial charge in [-0.3, -0.25) is 0 Å². The highest BCUT2D eigenvalue weighted by atomic mass is 35.7. The molecule has 86 valence electrons. The van der Waals surface area contributed by atoms with E-state index in [9.17, 15) is 8.42 Å². The number of hydrogen-bond acceptors (Lipinski definition) is 3. The predicted molar refractivity (Wildman–Crippen MR) is 60.5 cm³/mol. The molecule has 3 nitrogen and oxygen atoms in total. The van der Waals surface area contributed by atoms with Crippen LogP contribution in [-0.4, -0.2) is 14.5 Å². The molecule has 0 aromatic heterocycles. The monoisotopic (exact) mass is 258 g/mol. The van der Waals surface area contributed by atoms with E-state index in [1.54, 1.807) is 6.07 Å². The van der Waals surface area contributed by atoms with Crippen LogP contribution in [0.25, 0.3) is 0 Å². The first kappa shape index (κ1) is 10.4. The Morgan fingerprint density at radius 1 is 1.31 bits per heavy atom. The normalized spacial score (nSPS) is 27.3. The van der Waals surface area contributed by atoms with E-state index in [-0.39, 0.29) is 11.0 Å². The summed E-state index contributed by atoms with van der Waals surface area (Å²) < 4.78 is 28.1. The summed E-state index contributed by atoms with van der Waals surface area (Å²) >= 11 is 0. The fraction of sp³-hybridized carbons (Fsp3) is 0.455. The summed E-state index contributed by atoms with van der Waals surface area (Å²) in [4.78, 5) is 0.118. The van der Waals surface area contributed by atoms with Crippen molar-refractivity contribution in [3.8, 4) is 5.75 Å². The van der Waals surface area contributed by atoms with Crippen LogP contribution in [0, 0.1) is 0 Å². The summed E-state index contributed by atoms with van der Waals surface area (Å²) in [6, 6.07) is 4.93. The summed E-state index contributed by atoms with van der Waals surface area (Å²) in [6.45, 7) is 0. The highest BCUT2D eigenvalue weighted by molar-refractivity contribution is 8.13. The van der Waals surface area contributed by atoms with E-state index >= 15 is 0 Å². The first-order valence-corrected chi connectivity index (χ1v) is 7.62. The molecule has 1 aromatic rings. The molecule has 5 heteroatoms. The average molecular weight is 259 g/mol. The molecule has 2 aliphatic rings. The third kappa shape index (κ3) is 1.52. The minimum Gasteiger partial charge on any atom is -0.489 e. The van der Waals surface area contributed by atoms with E-state index in [0.717, 1.165) is 18.4 Å². The van der Waals surface area contributed by atoms with Crippen LogP contribution in [-0.2, 0) is 9.05 Å². The largest absolute Gasteiger partial charge is 0.489 e. The van der Waals surface area contributed by atoms with Gasteiger partial charge in [0, 0.05) is 28.2 Å². The van der Waals surface area contributed by atoms with Crippen molar-refractivity contribution in [2.45, 2.75) is 36.2 Å². The maximum Gasteiger partial charge on any atom is 0.261 e. The van der Waals surface area contributed by atoms with Crippen LogP contribution >= 0.6 is 10.7 Å². The SMILES string of the molecule is O=S(=O)(Cl)c1ccc2c(c1)OC1CCCC21. The quantitative estimate of drug-likeness (QED) is 0.728. The average Bonchev–Trinajstić information content (AvgIpc) is 2.74. The minimum atomic E-state index is -3.66. The number of halogens is 1.